The van der Waals surface area contributed by atoms with Gasteiger partial charge in [0.05, 0.1) is 22.3 Å². The van der Waals surface area contributed by atoms with E-state index in [9.17, 15) is 22.4 Å². The number of carbonyl (C=O) groups excluding carboxylic acids is 1. The van der Waals surface area contributed by atoms with Gasteiger partial charge in [-0.3, -0.25) is 4.79 Å². The van der Waals surface area contributed by atoms with Crippen LogP contribution in [0.5, 0.6) is 0 Å². The van der Waals surface area contributed by atoms with Crippen LogP contribution in [0.15, 0.2) is 72.8 Å². The summed E-state index contributed by atoms with van der Waals surface area (Å²) in [7, 11) is 0. The molecule has 1 N–H and O–H groups in total. The lowest BCUT2D eigenvalue weighted by atomic mass is 10.0. The number of nitrogens with one attached hydrogen (secondary N) is 1. The van der Waals surface area contributed by atoms with Gasteiger partial charge < -0.3 is 10.2 Å². The Bertz CT molecular complexity index is 1390. The van der Waals surface area contributed by atoms with Crippen LogP contribution >= 0.6 is 0 Å². The highest BCUT2D eigenvalue weighted by atomic mass is 19.4. The minimum atomic E-state index is -4.87. The van der Waals surface area contributed by atoms with Crippen molar-refractivity contribution in [2.24, 2.45) is 0 Å². The molecule has 1 aromatic heterocycles. The van der Waals surface area contributed by atoms with Gasteiger partial charge in [0.15, 0.2) is 0 Å². The lowest BCUT2D eigenvalue weighted by molar-refractivity contribution is -0.138. The summed E-state index contributed by atoms with van der Waals surface area (Å²) in [5.41, 5.74) is 0.401. The largest absolute Gasteiger partial charge is 0.417 e. The van der Waals surface area contributed by atoms with Crippen molar-refractivity contribution in [3.63, 3.8) is 0 Å². The van der Waals surface area contributed by atoms with Crippen molar-refractivity contribution in [2.45, 2.75) is 19.1 Å². The van der Waals surface area contributed by atoms with Gasteiger partial charge in [-0.1, -0.05) is 54.6 Å². The minimum absolute atomic E-state index is 0.359. The molecule has 0 bridgehead atoms. The first-order valence-corrected chi connectivity index (χ1v) is 10.7. The molecule has 2 heterocycles. The van der Waals surface area contributed by atoms with Gasteiger partial charge in [0, 0.05) is 24.0 Å². The van der Waals surface area contributed by atoms with E-state index in [2.05, 4.69) is 10.2 Å². The predicted octanol–water partition coefficient (Wildman–Crippen LogP) is 6.21. The van der Waals surface area contributed by atoms with Gasteiger partial charge in [0.2, 0.25) is 0 Å². The zero-order chi connectivity index (χ0) is 23.9. The molecule has 1 amide bonds. The van der Waals surface area contributed by atoms with E-state index in [1.807, 2.05) is 30.3 Å². The molecule has 0 radical (unpaired) electrons. The van der Waals surface area contributed by atoms with Crippen LogP contribution in [-0.2, 0) is 19.1 Å². The molecule has 0 fully saturated rings. The quantitative estimate of drug-likeness (QED) is 0.365. The molecule has 1 aliphatic heterocycles. The van der Waals surface area contributed by atoms with E-state index in [0.717, 1.165) is 17.7 Å². The summed E-state index contributed by atoms with van der Waals surface area (Å²) in [4.78, 5) is 19.9. The molecule has 4 nitrogen and oxygen atoms in total. The van der Waals surface area contributed by atoms with Crippen LogP contribution in [-0.4, -0.2) is 17.4 Å². The highest BCUT2D eigenvalue weighted by Crippen LogP contribution is 2.39. The highest BCUT2D eigenvalue weighted by Gasteiger charge is 2.37. The number of hydrogen-bond donors (Lipinski definition) is 1. The Morgan fingerprint density at radius 2 is 1.71 bits per heavy atom. The van der Waals surface area contributed by atoms with Crippen molar-refractivity contribution in [1.29, 1.82) is 0 Å². The minimum Gasteiger partial charge on any atom is -0.352 e. The Morgan fingerprint density at radius 1 is 0.971 bits per heavy atom. The first kappa shape index (κ1) is 21.9. The van der Waals surface area contributed by atoms with E-state index in [0.29, 0.717) is 53.5 Å². The van der Waals surface area contributed by atoms with E-state index in [4.69, 9.17) is 4.98 Å². The average Bonchev–Trinajstić information content (AvgIpc) is 3.21. The Labute approximate surface area is 192 Å². The molecule has 3 aromatic carbocycles. The van der Waals surface area contributed by atoms with E-state index in [-0.39, 0.29) is 0 Å². The van der Waals surface area contributed by atoms with E-state index < -0.39 is 29.0 Å². The lowest BCUT2D eigenvalue weighted by Crippen LogP contribution is -2.22. The molecule has 5 rings (SSSR count). The molecule has 1 aliphatic rings. The Kier molecular flexibility index (Phi) is 5.43. The van der Waals surface area contributed by atoms with Crippen LogP contribution in [0, 0.1) is 5.82 Å². The summed E-state index contributed by atoms with van der Waals surface area (Å²) >= 11 is 0. The number of alkyl halides is 3. The maximum Gasteiger partial charge on any atom is 0.417 e. The number of pyridine rings is 1. The Hall–Kier alpha value is -3.94. The van der Waals surface area contributed by atoms with Crippen LogP contribution < -0.4 is 10.2 Å². The van der Waals surface area contributed by atoms with E-state index >= 15 is 0 Å². The van der Waals surface area contributed by atoms with Gasteiger partial charge >= 0.3 is 6.18 Å². The van der Waals surface area contributed by atoms with Gasteiger partial charge in [-0.15, -0.1) is 0 Å². The number of para-hydroxylation sites is 1. The van der Waals surface area contributed by atoms with Crippen LogP contribution in [0.3, 0.4) is 0 Å². The monoisotopic (exact) mass is 465 g/mol. The second-order valence-electron chi connectivity index (χ2n) is 8.08. The Morgan fingerprint density at radius 3 is 2.47 bits per heavy atom. The maximum atomic E-state index is 14.4. The number of nitrogens with zero attached hydrogens (tertiary/aromatic N) is 2. The third-order valence-corrected chi connectivity index (χ3v) is 5.90. The van der Waals surface area contributed by atoms with Gasteiger partial charge in [0.25, 0.3) is 5.91 Å². The normalized spacial score (nSPS) is 13.2. The third kappa shape index (κ3) is 3.96. The number of fused-ring (bicyclic) bond motifs is 2. The standard InChI is InChI=1S/C26H19F4N3O/c27-20-11-6-10-19(26(28,29)30)22(20)25(34)32-23-17-9-4-5-12-21(17)31-24-18(23)13-14-33(24)15-16-7-2-1-3-8-16/h1-12H,13-15H2,(H,31,32,34). The fourth-order valence-corrected chi connectivity index (χ4v) is 4.36. The summed E-state index contributed by atoms with van der Waals surface area (Å²) in [6.45, 7) is 1.22. The number of hydrogen-bond acceptors (Lipinski definition) is 3. The van der Waals surface area contributed by atoms with Gasteiger partial charge in [-0.25, -0.2) is 9.37 Å². The fraction of sp³-hybridized carbons (Fsp3) is 0.154. The molecule has 0 spiro atoms. The number of halogens is 4. The van der Waals surface area contributed by atoms with E-state index in [1.165, 1.54) is 0 Å². The number of aromatic nitrogens is 1. The zero-order valence-corrected chi connectivity index (χ0v) is 17.9. The first-order valence-electron chi connectivity index (χ1n) is 10.7. The molecule has 0 saturated heterocycles. The van der Waals surface area contributed by atoms with E-state index in [1.54, 1.807) is 24.3 Å². The Balaban J connectivity index is 1.58. The third-order valence-electron chi connectivity index (χ3n) is 5.90. The number of benzene rings is 3. The molecule has 172 valence electrons. The molecule has 0 unspecified atom stereocenters. The second-order valence-corrected chi connectivity index (χ2v) is 8.08. The summed E-state index contributed by atoms with van der Waals surface area (Å²) < 4.78 is 54.9. The maximum absolute atomic E-state index is 14.4. The van der Waals surface area contributed by atoms with Crippen LogP contribution in [0.2, 0.25) is 0 Å². The van der Waals surface area contributed by atoms with Crippen LogP contribution in [0.25, 0.3) is 10.9 Å². The molecule has 0 aliphatic carbocycles. The molecular formula is C26H19F4N3O. The fourth-order valence-electron chi connectivity index (χ4n) is 4.36. The van der Waals surface area contributed by atoms with Crippen molar-refractivity contribution in [1.82, 2.24) is 4.98 Å². The van der Waals surface area contributed by atoms with Crippen molar-refractivity contribution in [3.8, 4) is 0 Å². The lowest BCUT2D eigenvalue weighted by Gasteiger charge is -2.20. The number of anilines is 2. The number of rotatable bonds is 4. The van der Waals surface area contributed by atoms with Crippen molar-refractivity contribution in [3.05, 3.63) is 101 Å². The molecular weight excluding hydrogens is 446 g/mol. The van der Waals surface area contributed by atoms with Gasteiger partial charge in [0.1, 0.15) is 11.6 Å². The summed E-state index contributed by atoms with van der Waals surface area (Å²) in [5, 5.41) is 3.18. The first-order chi connectivity index (χ1) is 16.3. The molecule has 4 aromatic rings. The van der Waals surface area contributed by atoms with Crippen LogP contribution in [0.1, 0.15) is 27.0 Å². The van der Waals surface area contributed by atoms with Crippen molar-refractivity contribution < 1.29 is 22.4 Å². The predicted molar refractivity (Wildman–Crippen MR) is 122 cm³/mol. The molecule has 0 saturated carbocycles. The average molecular weight is 465 g/mol. The molecule has 34 heavy (non-hydrogen) atoms. The molecule has 0 atom stereocenters. The topological polar surface area (TPSA) is 45.2 Å². The van der Waals surface area contributed by atoms with Crippen LogP contribution in [0.4, 0.5) is 29.1 Å². The SMILES string of the molecule is O=C(Nc1c2c(nc3ccccc13)N(Cc1ccccc1)CC2)c1c(F)cccc1C(F)(F)F. The molecule has 8 heteroatoms. The smallest absolute Gasteiger partial charge is 0.352 e. The number of carbonyl (C=O) groups is 1. The second kappa shape index (κ2) is 8.44. The summed E-state index contributed by atoms with van der Waals surface area (Å²) in [6, 6.07) is 19.4. The van der Waals surface area contributed by atoms with Gasteiger partial charge in [-0.2, -0.15) is 13.2 Å². The summed E-state index contributed by atoms with van der Waals surface area (Å²) in [6.07, 6.45) is -4.33. The summed E-state index contributed by atoms with van der Waals surface area (Å²) in [5.74, 6) is -1.72. The van der Waals surface area contributed by atoms with Crippen molar-refractivity contribution >= 4 is 28.3 Å². The van der Waals surface area contributed by atoms with Gasteiger partial charge in [-0.05, 0) is 30.2 Å². The van der Waals surface area contributed by atoms with Crippen molar-refractivity contribution in [2.75, 3.05) is 16.8 Å². The zero-order valence-electron chi connectivity index (χ0n) is 17.9. The highest BCUT2D eigenvalue weighted by molar-refractivity contribution is 6.11. The number of amides is 1.